The van der Waals surface area contributed by atoms with Crippen molar-refractivity contribution >= 4 is 21.8 Å². The first kappa shape index (κ1) is 26.7. The lowest BCUT2D eigenvalue weighted by Gasteiger charge is -2.37. The van der Waals surface area contributed by atoms with Crippen molar-refractivity contribution in [1.29, 1.82) is 0 Å². The van der Waals surface area contributed by atoms with Crippen molar-refractivity contribution in [2.45, 2.75) is 29.1 Å². The van der Waals surface area contributed by atoms with Crippen LogP contribution in [0.15, 0.2) is 121 Å². The fraction of sp³-hybridized carbons (Fsp3) is 0.250. The molecule has 0 aliphatic carbocycles. The second kappa shape index (κ2) is 11.9. The Labute approximate surface area is 230 Å². The van der Waals surface area contributed by atoms with Gasteiger partial charge in [-0.15, -0.1) is 11.8 Å². The molecule has 6 heteroatoms. The highest BCUT2D eigenvalue weighted by Gasteiger charge is 2.45. The Balaban J connectivity index is 1.48. The zero-order valence-electron chi connectivity index (χ0n) is 21.5. The van der Waals surface area contributed by atoms with Gasteiger partial charge in [0.05, 0.1) is 24.2 Å². The van der Waals surface area contributed by atoms with E-state index in [9.17, 15) is 8.42 Å². The normalized spacial score (nSPS) is 18.4. The van der Waals surface area contributed by atoms with Gasteiger partial charge in [-0.2, -0.15) is 4.31 Å². The standard InChI is InChI=1S/C32H33NO3S2/c1-38(34,35)33-23-31(22-30(33)25-36-24-26-14-6-2-7-15-26)37-32(27-16-8-3-9-17-27,28-18-10-4-11-19-28)29-20-12-5-13-21-29/h2-21,30-31H,22-25H2,1H3/t30-,31+/m0/s1. The molecule has 0 spiro atoms. The first-order valence-corrected chi connectivity index (χ1v) is 15.6. The molecule has 0 unspecified atom stereocenters. The minimum atomic E-state index is -3.39. The van der Waals surface area contributed by atoms with Crippen LogP contribution in [0.25, 0.3) is 0 Å². The number of hydrogen-bond donors (Lipinski definition) is 0. The van der Waals surface area contributed by atoms with E-state index < -0.39 is 14.8 Å². The molecule has 4 nitrogen and oxygen atoms in total. The van der Waals surface area contributed by atoms with Gasteiger partial charge in [-0.1, -0.05) is 121 Å². The van der Waals surface area contributed by atoms with E-state index in [1.807, 2.05) is 60.3 Å². The molecule has 1 heterocycles. The highest BCUT2D eigenvalue weighted by molar-refractivity contribution is 8.01. The summed E-state index contributed by atoms with van der Waals surface area (Å²) < 4.78 is 32.9. The van der Waals surface area contributed by atoms with Gasteiger partial charge in [-0.05, 0) is 28.7 Å². The van der Waals surface area contributed by atoms with E-state index in [2.05, 4.69) is 72.8 Å². The zero-order chi connectivity index (χ0) is 26.4. The van der Waals surface area contributed by atoms with Gasteiger partial charge in [-0.3, -0.25) is 0 Å². The Bertz CT molecular complexity index is 1300. The van der Waals surface area contributed by atoms with Crippen LogP contribution in [0.1, 0.15) is 28.7 Å². The Hall–Kier alpha value is -2.90. The lowest BCUT2D eigenvalue weighted by Crippen LogP contribution is -2.37. The van der Waals surface area contributed by atoms with Gasteiger partial charge in [0, 0.05) is 17.8 Å². The van der Waals surface area contributed by atoms with Crippen LogP contribution < -0.4 is 0 Å². The third-order valence-corrected chi connectivity index (χ3v) is 10.1. The average molecular weight is 544 g/mol. The van der Waals surface area contributed by atoms with Gasteiger partial charge in [0.1, 0.15) is 0 Å². The fourth-order valence-corrected chi connectivity index (χ4v) is 8.45. The molecule has 1 aliphatic heterocycles. The Kier molecular flexibility index (Phi) is 8.34. The predicted octanol–water partition coefficient (Wildman–Crippen LogP) is 6.33. The quantitative estimate of drug-likeness (QED) is 0.219. The van der Waals surface area contributed by atoms with Gasteiger partial charge >= 0.3 is 0 Å². The summed E-state index contributed by atoms with van der Waals surface area (Å²) in [7, 11) is -3.39. The van der Waals surface area contributed by atoms with E-state index in [1.54, 1.807) is 4.31 Å². The monoisotopic (exact) mass is 543 g/mol. The van der Waals surface area contributed by atoms with Crippen LogP contribution in [0.3, 0.4) is 0 Å². The summed E-state index contributed by atoms with van der Waals surface area (Å²) in [4.78, 5) is 0. The van der Waals surface area contributed by atoms with E-state index in [1.165, 1.54) is 22.9 Å². The first-order chi connectivity index (χ1) is 18.5. The fourth-order valence-electron chi connectivity index (χ4n) is 5.35. The molecule has 0 bridgehead atoms. The summed E-state index contributed by atoms with van der Waals surface area (Å²) in [6.07, 6.45) is 2.03. The molecule has 4 aromatic carbocycles. The van der Waals surface area contributed by atoms with Gasteiger partial charge in [-0.25, -0.2) is 8.42 Å². The smallest absolute Gasteiger partial charge is 0.211 e. The van der Waals surface area contributed by atoms with Crippen LogP contribution >= 0.6 is 11.8 Å². The molecule has 38 heavy (non-hydrogen) atoms. The molecular weight excluding hydrogens is 510 g/mol. The second-order valence-electron chi connectivity index (χ2n) is 9.74. The van der Waals surface area contributed by atoms with Gasteiger partial charge in [0.15, 0.2) is 0 Å². The molecule has 1 fully saturated rings. The van der Waals surface area contributed by atoms with Crippen LogP contribution in [-0.2, 0) is 26.1 Å². The molecule has 0 N–H and O–H groups in total. The molecule has 1 aliphatic rings. The minimum absolute atomic E-state index is 0.0793. The maximum Gasteiger partial charge on any atom is 0.211 e. The van der Waals surface area contributed by atoms with E-state index in [-0.39, 0.29) is 11.3 Å². The molecule has 2 atom stereocenters. The molecular formula is C32H33NO3S2. The molecule has 1 saturated heterocycles. The number of rotatable bonds is 10. The largest absolute Gasteiger partial charge is 0.375 e. The Morgan fingerprint density at radius 3 is 1.66 bits per heavy atom. The maximum atomic E-state index is 12.9. The maximum absolute atomic E-state index is 12.9. The van der Waals surface area contributed by atoms with Crippen molar-refractivity contribution in [2.75, 3.05) is 19.4 Å². The summed E-state index contributed by atoms with van der Waals surface area (Å²) in [6, 6.07) is 41.4. The number of sulfonamides is 1. The Morgan fingerprint density at radius 1 is 0.763 bits per heavy atom. The van der Waals surface area contributed by atoms with Crippen LogP contribution in [0.4, 0.5) is 0 Å². The number of hydrogen-bond acceptors (Lipinski definition) is 4. The average Bonchev–Trinajstić information content (AvgIpc) is 3.37. The van der Waals surface area contributed by atoms with Crippen molar-refractivity contribution < 1.29 is 13.2 Å². The highest BCUT2D eigenvalue weighted by atomic mass is 32.2. The highest BCUT2D eigenvalue weighted by Crippen LogP contribution is 2.52. The zero-order valence-corrected chi connectivity index (χ0v) is 23.2. The molecule has 4 aromatic rings. The van der Waals surface area contributed by atoms with Crippen molar-refractivity contribution in [1.82, 2.24) is 4.31 Å². The van der Waals surface area contributed by atoms with Gasteiger partial charge in [0.2, 0.25) is 10.0 Å². The molecule has 5 rings (SSSR count). The van der Waals surface area contributed by atoms with Crippen molar-refractivity contribution in [3.05, 3.63) is 144 Å². The summed E-state index contributed by atoms with van der Waals surface area (Å²) in [6.45, 7) is 1.29. The SMILES string of the molecule is CS(=O)(=O)N1C[C@H](SC(c2ccccc2)(c2ccccc2)c2ccccc2)C[C@H]1COCc1ccccc1. The van der Waals surface area contributed by atoms with E-state index in [0.717, 1.165) is 12.0 Å². The number of benzene rings is 4. The predicted molar refractivity (Wildman–Crippen MR) is 157 cm³/mol. The van der Waals surface area contributed by atoms with Crippen LogP contribution in [0, 0.1) is 0 Å². The number of nitrogens with zero attached hydrogens (tertiary/aromatic N) is 1. The Morgan fingerprint density at radius 2 is 1.21 bits per heavy atom. The van der Waals surface area contributed by atoms with Crippen molar-refractivity contribution in [3.8, 4) is 0 Å². The minimum Gasteiger partial charge on any atom is -0.375 e. The number of thioether (sulfide) groups is 1. The third kappa shape index (κ3) is 5.89. The lowest BCUT2D eigenvalue weighted by atomic mass is 9.84. The van der Waals surface area contributed by atoms with E-state index in [0.29, 0.717) is 19.8 Å². The summed E-state index contributed by atoms with van der Waals surface area (Å²) >= 11 is 1.85. The molecule has 0 saturated carbocycles. The van der Waals surface area contributed by atoms with Crippen molar-refractivity contribution in [2.24, 2.45) is 0 Å². The lowest BCUT2D eigenvalue weighted by molar-refractivity contribution is 0.0875. The topological polar surface area (TPSA) is 46.6 Å². The van der Waals surface area contributed by atoms with Crippen molar-refractivity contribution in [3.63, 3.8) is 0 Å². The summed E-state index contributed by atoms with van der Waals surface area (Å²) in [5.74, 6) is 0. The van der Waals surface area contributed by atoms with Gasteiger partial charge in [0.25, 0.3) is 0 Å². The molecule has 0 amide bonds. The van der Waals surface area contributed by atoms with E-state index >= 15 is 0 Å². The third-order valence-electron chi connectivity index (χ3n) is 7.06. The number of ether oxygens (including phenoxy) is 1. The summed E-state index contributed by atoms with van der Waals surface area (Å²) in [5.41, 5.74) is 4.62. The second-order valence-corrected chi connectivity index (χ2v) is 13.2. The first-order valence-electron chi connectivity index (χ1n) is 12.9. The van der Waals surface area contributed by atoms with Crippen LogP contribution in [0.2, 0.25) is 0 Å². The molecule has 196 valence electrons. The van der Waals surface area contributed by atoms with Crippen LogP contribution in [0.5, 0.6) is 0 Å². The van der Waals surface area contributed by atoms with Gasteiger partial charge < -0.3 is 4.74 Å². The summed E-state index contributed by atoms with van der Waals surface area (Å²) in [5, 5.41) is 0.0793. The molecule has 0 radical (unpaired) electrons. The molecule has 0 aromatic heterocycles. The van der Waals surface area contributed by atoms with Crippen LogP contribution in [-0.4, -0.2) is 43.4 Å². The van der Waals surface area contributed by atoms with E-state index in [4.69, 9.17) is 4.74 Å².